The van der Waals surface area contributed by atoms with E-state index in [1.165, 1.54) is 5.56 Å². The molecule has 2 atom stereocenters. The molecule has 0 fully saturated rings. The van der Waals surface area contributed by atoms with Crippen LogP contribution in [0.15, 0.2) is 36.9 Å². The highest BCUT2D eigenvalue weighted by atomic mass is 35.5. The van der Waals surface area contributed by atoms with E-state index in [4.69, 9.17) is 16.3 Å². The van der Waals surface area contributed by atoms with Crippen LogP contribution in [0.5, 0.6) is 0 Å². The largest absolute Gasteiger partial charge is 0.379 e. The fraction of sp³-hybridized carbons (Fsp3) is 0.500. The van der Waals surface area contributed by atoms with Crippen molar-refractivity contribution in [3.8, 4) is 0 Å². The van der Waals surface area contributed by atoms with E-state index in [0.29, 0.717) is 0 Å². The van der Waals surface area contributed by atoms with Gasteiger partial charge in [0, 0.05) is 12.1 Å². The second kappa shape index (κ2) is 6.58. The maximum atomic E-state index is 5.96. The second-order valence-corrected chi connectivity index (χ2v) is 6.73. The molecular weight excluding hydrogens is 286 g/mol. The van der Waals surface area contributed by atoms with E-state index in [-0.39, 0.29) is 17.6 Å². The minimum absolute atomic E-state index is 0.00219. The van der Waals surface area contributed by atoms with Crippen molar-refractivity contribution in [2.24, 2.45) is 5.41 Å². The highest BCUT2D eigenvalue weighted by Gasteiger charge is 2.34. The molecule has 0 spiro atoms. The van der Waals surface area contributed by atoms with Crippen LogP contribution in [0.25, 0.3) is 0 Å². The van der Waals surface area contributed by atoms with Crippen LogP contribution in [-0.4, -0.2) is 28.0 Å². The van der Waals surface area contributed by atoms with Crippen LogP contribution in [-0.2, 0) is 11.2 Å². The predicted molar refractivity (Wildman–Crippen MR) is 84.5 cm³/mol. The van der Waals surface area contributed by atoms with Gasteiger partial charge in [0.1, 0.15) is 12.7 Å². The molecule has 0 radical (unpaired) electrons. The molecule has 0 saturated carbocycles. The minimum atomic E-state index is -0.00219. The number of benzene rings is 1. The van der Waals surface area contributed by atoms with Gasteiger partial charge in [-0.05, 0) is 29.5 Å². The van der Waals surface area contributed by atoms with Crippen LogP contribution in [0, 0.1) is 5.41 Å². The fourth-order valence-electron chi connectivity index (χ4n) is 2.68. The Hall–Kier alpha value is -1.39. The lowest BCUT2D eigenvalue weighted by Gasteiger charge is -2.36. The number of halogens is 1. The van der Waals surface area contributed by atoms with Crippen molar-refractivity contribution < 1.29 is 4.74 Å². The Bertz CT molecular complexity index is 546. The summed E-state index contributed by atoms with van der Waals surface area (Å²) in [7, 11) is 1.75. The van der Waals surface area contributed by atoms with Crippen LogP contribution in [0.4, 0.5) is 0 Å². The van der Waals surface area contributed by atoms with Crippen LogP contribution < -0.4 is 0 Å². The van der Waals surface area contributed by atoms with Crippen molar-refractivity contribution >= 4 is 11.6 Å². The summed E-state index contributed by atoms with van der Waals surface area (Å²) in [6.45, 7) is 6.52. The number of ether oxygens (including phenoxy) is 1. The zero-order valence-electron chi connectivity index (χ0n) is 13.0. The Balaban J connectivity index is 2.30. The maximum Gasteiger partial charge on any atom is 0.137 e. The molecule has 0 bridgehead atoms. The van der Waals surface area contributed by atoms with Gasteiger partial charge in [-0.1, -0.05) is 44.5 Å². The zero-order chi connectivity index (χ0) is 15.5. The molecule has 0 saturated heterocycles. The van der Waals surface area contributed by atoms with E-state index in [9.17, 15) is 0 Å². The lowest BCUT2D eigenvalue weighted by molar-refractivity contribution is -0.0250. The summed E-state index contributed by atoms with van der Waals surface area (Å²) in [5.41, 5.74) is 1.20. The third-order valence-corrected chi connectivity index (χ3v) is 3.84. The summed E-state index contributed by atoms with van der Waals surface area (Å²) in [5, 5.41) is 5.06. The Labute approximate surface area is 131 Å². The number of hydrogen-bond donors (Lipinski definition) is 0. The van der Waals surface area contributed by atoms with Crippen molar-refractivity contribution in [2.75, 3.05) is 7.11 Å². The number of rotatable bonds is 5. The molecule has 0 aliphatic heterocycles. The number of nitrogens with zero attached hydrogens (tertiary/aromatic N) is 3. The minimum Gasteiger partial charge on any atom is -0.379 e. The average molecular weight is 308 g/mol. The Morgan fingerprint density at radius 3 is 2.38 bits per heavy atom. The number of aromatic nitrogens is 3. The molecule has 0 aliphatic rings. The van der Waals surface area contributed by atoms with Crippen LogP contribution in [0.1, 0.15) is 32.4 Å². The van der Waals surface area contributed by atoms with Gasteiger partial charge in [0.05, 0.1) is 12.1 Å². The quantitative estimate of drug-likeness (QED) is 0.844. The first-order valence-electron chi connectivity index (χ1n) is 7.03. The van der Waals surface area contributed by atoms with Gasteiger partial charge < -0.3 is 4.74 Å². The first-order valence-corrected chi connectivity index (χ1v) is 7.41. The van der Waals surface area contributed by atoms with E-state index in [1.54, 1.807) is 19.8 Å². The maximum absolute atomic E-state index is 5.96. The molecule has 114 valence electrons. The van der Waals surface area contributed by atoms with E-state index in [0.717, 1.165) is 11.4 Å². The molecule has 0 N–H and O–H groups in total. The molecule has 0 aliphatic carbocycles. The molecule has 0 amide bonds. The van der Waals surface area contributed by atoms with Crippen molar-refractivity contribution in [1.82, 2.24) is 14.8 Å². The van der Waals surface area contributed by atoms with Gasteiger partial charge in [0.25, 0.3) is 0 Å². The van der Waals surface area contributed by atoms with E-state index in [1.807, 2.05) is 28.9 Å². The predicted octanol–water partition coefficient (Wildman–Crippen LogP) is 3.78. The van der Waals surface area contributed by atoms with Crippen molar-refractivity contribution in [1.29, 1.82) is 0 Å². The lowest BCUT2D eigenvalue weighted by Crippen LogP contribution is -2.38. The molecule has 5 heteroatoms. The first-order chi connectivity index (χ1) is 9.91. The van der Waals surface area contributed by atoms with Gasteiger partial charge in [0.15, 0.2) is 0 Å². The standard InChI is InChI=1S/C16H22ClN3O/c1-16(2,3)15(21-4)14(20-11-18-10-19-20)9-12-5-7-13(17)8-6-12/h5-8,10-11,14-15H,9H2,1-4H3. The van der Waals surface area contributed by atoms with E-state index in [2.05, 4.69) is 30.9 Å². The monoisotopic (exact) mass is 307 g/mol. The summed E-state index contributed by atoms with van der Waals surface area (Å²) in [6, 6.07) is 7.99. The highest BCUT2D eigenvalue weighted by molar-refractivity contribution is 6.30. The fourth-order valence-corrected chi connectivity index (χ4v) is 2.80. The molecule has 4 nitrogen and oxygen atoms in total. The molecule has 1 heterocycles. The van der Waals surface area contributed by atoms with Gasteiger partial charge in [-0.25, -0.2) is 9.67 Å². The molecule has 2 aromatic rings. The van der Waals surface area contributed by atoms with E-state index < -0.39 is 0 Å². The van der Waals surface area contributed by atoms with Crippen LogP contribution >= 0.6 is 11.6 Å². The molecule has 2 rings (SSSR count). The summed E-state index contributed by atoms with van der Waals surface area (Å²) in [4.78, 5) is 4.07. The molecule has 2 unspecified atom stereocenters. The van der Waals surface area contributed by atoms with Gasteiger partial charge in [-0.2, -0.15) is 5.10 Å². The normalized spacial score (nSPS) is 14.9. The average Bonchev–Trinajstić information content (AvgIpc) is 2.93. The molecule has 1 aromatic heterocycles. The molecule has 1 aromatic carbocycles. The van der Waals surface area contributed by atoms with Crippen LogP contribution in [0.2, 0.25) is 5.02 Å². The smallest absolute Gasteiger partial charge is 0.137 e. The zero-order valence-corrected chi connectivity index (χ0v) is 13.7. The third kappa shape index (κ3) is 4.05. The summed E-state index contributed by atoms with van der Waals surface area (Å²) >= 11 is 5.96. The first kappa shape index (κ1) is 16.0. The lowest BCUT2D eigenvalue weighted by atomic mass is 9.82. The van der Waals surface area contributed by atoms with Gasteiger partial charge in [0.2, 0.25) is 0 Å². The Kier molecular flexibility index (Phi) is 5.01. The van der Waals surface area contributed by atoms with E-state index >= 15 is 0 Å². The highest BCUT2D eigenvalue weighted by Crippen LogP contribution is 2.32. The number of methoxy groups -OCH3 is 1. The topological polar surface area (TPSA) is 39.9 Å². The van der Waals surface area contributed by atoms with Crippen molar-refractivity contribution in [2.45, 2.75) is 39.3 Å². The number of hydrogen-bond acceptors (Lipinski definition) is 3. The van der Waals surface area contributed by atoms with Gasteiger partial charge in [-0.3, -0.25) is 0 Å². The van der Waals surface area contributed by atoms with Crippen molar-refractivity contribution in [3.63, 3.8) is 0 Å². The third-order valence-electron chi connectivity index (χ3n) is 3.59. The van der Waals surface area contributed by atoms with Crippen LogP contribution in [0.3, 0.4) is 0 Å². The van der Waals surface area contributed by atoms with Crippen molar-refractivity contribution in [3.05, 3.63) is 47.5 Å². The molecular formula is C16H22ClN3O. The van der Waals surface area contributed by atoms with Gasteiger partial charge in [-0.15, -0.1) is 0 Å². The Morgan fingerprint density at radius 1 is 1.24 bits per heavy atom. The Morgan fingerprint density at radius 2 is 1.90 bits per heavy atom. The SMILES string of the molecule is COC(C(Cc1ccc(Cl)cc1)n1cncn1)C(C)(C)C. The van der Waals surface area contributed by atoms with Gasteiger partial charge >= 0.3 is 0 Å². The summed E-state index contributed by atoms with van der Waals surface area (Å²) < 4.78 is 7.66. The molecule has 21 heavy (non-hydrogen) atoms. The summed E-state index contributed by atoms with van der Waals surface area (Å²) in [5.74, 6) is 0. The summed E-state index contributed by atoms with van der Waals surface area (Å²) in [6.07, 6.45) is 4.15. The second-order valence-electron chi connectivity index (χ2n) is 6.30.